The zero-order valence-electron chi connectivity index (χ0n) is 13.3. The fourth-order valence-corrected chi connectivity index (χ4v) is 2.73. The summed E-state index contributed by atoms with van der Waals surface area (Å²) < 4.78 is 5.79. The molecule has 1 aliphatic rings. The molecule has 2 rings (SSSR count). The molecule has 0 aromatic carbocycles. The molecule has 112 valence electrons. The van der Waals surface area contributed by atoms with Gasteiger partial charge in [-0.15, -0.1) is 0 Å². The maximum Gasteiger partial charge on any atom is 0.131 e. The summed E-state index contributed by atoms with van der Waals surface area (Å²) in [5.41, 5.74) is 2.49. The van der Waals surface area contributed by atoms with Gasteiger partial charge < -0.3 is 15.0 Å². The Morgan fingerprint density at radius 3 is 2.55 bits per heavy atom. The normalized spacial score (nSPS) is 23.4. The minimum atomic E-state index is 0.266. The van der Waals surface area contributed by atoms with E-state index in [1.807, 2.05) is 6.20 Å². The van der Waals surface area contributed by atoms with Crippen molar-refractivity contribution < 1.29 is 4.74 Å². The minimum absolute atomic E-state index is 0.266. The molecule has 20 heavy (non-hydrogen) atoms. The molecule has 1 aromatic heterocycles. The molecule has 1 fully saturated rings. The SMILES string of the molecule is Cc1cc(CNC(C)C)cnc1N1C[C@@H](C)O[C@@H](C)C1. The van der Waals surface area contributed by atoms with Crippen LogP contribution < -0.4 is 10.2 Å². The molecule has 4 heteroatoms. The second-order valence-corrected chi connectivity index (χ2v) is 6.18. The molecule has 0 aliphatic carbocycles. The van der Waals surface area contributed by atoms with Crippen LogP contribution in [-0.2, 0) is 11.3 Å². The fraction of sp³-hybridized carbons (Fsp3) is 0.688. The number of aryl methyl sites for hydroxylation is 1. The van der Waals surface area contributed by atoms with Crippen molar-refractivity contribution in [2.45, 2.75) is 59.4 Å². The van der Waals surface area contributed by atoms with Crippen LogP contribution >= 0.6 is 0 Å². The zero-order valence-corrected chi connectivity index (χ0v) is 13.3. The third-order valence-corrected chi connectivity index (χ3v) is 3.54. The van der Waals surface area contributed by atoms with Crippen molar-refractivity contribution in [3.63, 3.8) is 0 Å². The van der Waals surface area contributed by atoms with Crippen molar-refractivity contribution >= 4 is 5.82 Å². The summed E-state index contributed by atoms with van der Waals surface area (Å²) in [7, 11) is 0. The Morgan fingerprint density at radius 2 is 2.00 bits per heavy atom. The highest BCUT2D eigenvalue weighted by Crippen LogP contribution is 2.22. The van der Waals surface area contributed by atoms with Crippen LogP contribution in [-0.4, -0.2) is 36.3 Å². The number of ether oxygens (including phenoxy) is 1. The van der Waals surface area contributed by atoms with E-state index in [-0.39, 0.29) is 12.2 Å². The number of hydrogen-bond donors (Lipinski definition) is 1. The molecular formula is C16H27N3O. The number of morpholine rings is 1. The maximum absolute atomic E-state index is 5.79. The second-order valence-electron chi connectivity index (χ2n) is 6.18. The molecule has 2 heterocycles. The van der Waals surface area contributed by atoms with E-state index in [1.165, 1.54) is 11.1 Å². The molecule has 1 saturated heterocycles. The Labute approximate surface area is 122 Å². The summed E-state index contributed by atoms with van der Waals surface area (Å²) in [6.45, 7) is 13.4. The Hall–Kier alpha value is -1.13. The zero-order chi connectivity index (χ0) is 14.7. The van der Waals surface area contributed by atoms with Gasteiger partial charge in [-0.05, 0) is 38.0 Å². The van der Waals surface area contributed by atoms with Gasteiger partial charge in [0.1, 0.15) is 5.82 Å². The highest BCUT2D eigenvalue weighted by Gasteiger charge is 2.24. The smallest absolute Gasteiger partial charge is 0.131 e. The van der Waals surface area contributed by atoms with Crippen LogP contribution in [0.5, 0.6) is 0 Å². The van der Waals surface area contributed by atoms with Gasteiger partial charge in [0.05, 0.1) is 12.2 Å². The van der Waals surface area contributed by atoms with E-state index < -0.39 is 0 Å². The van der Waals surface area contributed by atoms with E-state index in [4.69, 9.17) is 4.74 Å². The number of nitrogens with zero attached hydrogens (tertiary/aromatic N) is 2. The first-order valence-corrected chi connectivity index (χ1v) is 7.55. The molecule has 0 spiro atoms. The first-order valence-electron chi connectivity index (χ1n) is 7.55. The number of anilines is 1. The number of hydrogen-bond acceptors (Lipinski definition) is 4. The number of pyridine rings is 1. The largest absolute Gasteiger partial charge is 0.372 e. The van der Waals surface area contributed by atoms with Gasteiger partial charge in [-0.2, -0.15) is 0 Å². The minimum Gasteiger partial charge on any atom is -0.372 e. The third-order valence-electron chi connectivity index (χ3n) is 3.54. The lowest BCUT2D eigenvalue weighted by molar-refractivity contribution is -0.00549. The van der Waals surface area contributed by atoms with E-state index in [0.717, 1.165) is 25.5 Å². The van der Waals surface area contributed by atoms with Gasteiger partial charge in [-0.3, -0.25) is 0 Å². The standard InChI is InChI=1S/C16H27N3O/c1-11(2)17-7-15-6-12(3)16(18-8-15)19-9-13(4)20-14(5)10-19/h6,8,11,13-14,17H,7,9-10H2,1-5H3/t13-,14+. The Balaban J connectivity index is 2.09. The van der Waals surface area contributed by atoms with Crippen LogP contribution in [0.25, 0.3) is 0 Å². The van der Waals surface area contributed by atoms with E-state index in [2.05, 4.69) is 55.9 Å². The highest BCUT2D eigenvalue weighted by molar-refractivity contribution is 5.48. The van der Waals surface area contributed by atoms with Crippen LogP contribution in [0.3, 0.4) is 0 Å². The van der Waals surface area contributed by atoms with E-state index in [1.54, 1.807) is 0 Å². The monoisotopic (exact) mass is 277 g/mol. The van der Waals surface area contributed by atoms with Crippen LogP contribution in [0.1, 0.15) is 38.8 Å². The summed E-state index contributed by atoms with van der Waals surface area (Å²) >= 11 is 0. The number of rotatable bonds is 4. The lowest BCUT2D eigenvalue weighted by Gasteiger charge is -2.36. The topological polar surface area (TPSA) is 37.4 Å². The molecule has 4 nitrogen and oxygen atoms in total. The Bertz CT molecular complexity index is 437. The lowest BCUT2D eigenvalue weighted by atomic mass is 10.1. The first kappa shape index (κ1) is 15.3. The van der Waals surface area contributed by atoms with E-state index in [9.17, 15) is 0 Å². The van der Waals surface area contributed by atoms with Crippen molar-refractivity contribution in [2.24, 2.45) is 0 Å². The quantitative estimate of drug-likeness (QED) is 0.917. The fourth-order valence-electron chi connectivity index (χ4n) is 2.73. The predicted molar refractivity (Wildman–Crippen MR) is 83.2 cm³/mol. The van der Waals surface area contributed by atoms with Gasteiger partial charge in [0, 0.05) is 31.9 Å². The van der Waals surface area contributed by atoms with Crippen LogP contribution in [0, 0.1) is 6.92 Å². The molecule has 0 saturated carbocycles. The second kappa shape index (κ2) is 6.55. The van der Waals surface area contributed by atoms with Crippen LogP contribution in [0.4, 0.5) is 5.82 Å². The van der Waals surface area contributed by atoms with Gasteiger partial charge in [0.2, 0.25) is 0 Å². The number of aromatic nitrogens is 1. The number of nitrogens with one attached hydrogen (secondary N) is 1. The predicted octanol–water partition coefficient (Wildman–Crippen LogP) is 2.50. The van der Waals surface area contributed by atoms with Crippen molar-refractivity contribution in [3.05, 3.63) is 23.4 Å². The van der Waals surface area contributed by atoms with Gasteiger partial charge in [-0.1, -0.05) is 13.8 Å². The molecule has 0 amide bonds. The summed E-state index contributed by atoms with van der Waals surface area (Å²) in [5.74, 6) is 1.10. The first-order chi connectivity index (χ1) is 9.45. The molecule has 0 bridgehead atoms. The average molecular weight is 277 g/mol. The van der Waals surface area contributed by atoms with Gasteiger partial charge in [0.15, 0.2) is 0 Å². The molecule has 1 aliphatic heterocycles. The molecule has 0 unspecified atom stereocenters. The van der Waals surface area contributed by atoms with Crippen molar-refractivity contribution in [3.8, 4) is 0 Å². The van der Waals surface area contributed by atoms with E-state index >= 15 is 0 Å². The summed E-state index contributed by atoms with van der Waals surface area (Å²) in [4.78, 5) is 7.02. The lowest BCUT2D eigenvalue weighted by Crippen LogP contribution is -2.46. The molecule has 1 N–H and O–H groups in total. The van der Waals surface area contributed by atoms with Crippen molar-refractivity contribution in [1.82, 2.24) is 10.3 Å². The Morgan fingerprint density at radius 1 is 1.35 bits per heavy atom. The average Bonchev–Trinajstić information content (AvgIpc) is 2.35. The molecular weight excluding hydrogens is 250 g/mol. The van der Waals surface area contributed by atoms with Crippen LogP contribution in [0.2, 0.25) is 0 Å². The highest BCUT2D eigenvalue weighted by atomic mass is 16.5. The summed E-state index contributed by atoms with van der Waals surface area (Å²) in [6, 6.07) is 2.73. The molecule has 1 aromatic rings. The van der Waals surface area contributed by atoms with E-state index in [0.29, 0.717) is 6.04 Å². The maximum atomic E-state index is 5.79. The Kier molecular flexibility index (Phi) is 5.00. The van der Waals surface area contributed by atoms with Gasteiger partial charge in [0.25, 0.3) is 0 Å². The third kappa shape index (κ3) is 3.93. The summed E-state index contributed by atoms with van der Waals surface area (Å²) in [5, 5.41) is 3.43. The molecule has 0 radical (unpaired) electrons. The van der Waals surface area contributed by atoms with Gasteiger partial charge >= 0.3 is 0 Å². The van der Waals surface area contributed by atoms with Crippen molar-refractivity contribution in [2.75, 3.05) is 18.0 Å². The van der Waals surface area contributed by atoms with Crippen LogP contribution in [0.15, 0.2) is 12.3 Å². The summed E-state index contributed by atoms with van der Waals surface area (Å²) in [6.07, 6.45) is 2.52. The van der Waals surface area contributed by atoms with Gasteiger partial charge in [-0.25, -0.2) is 4.98 Å². The molecule has 2 atom stereocenters. The van der Waals surface area contributed by atoms with Crippen molar-refractivity contribution in [1.29, 1.82) is 0 Å².